The van der Waals surface area contributed by atoms with Crippen molar-refractivity contribution >= 4 is 5.97 Å². The highest BCUT2D eigenvalue weighted by molar-refractivity contribution is 5.90. The first-order valence-electron chi connectivity index (χ1n) is 4.70. The Morgan fingerprint density at radius 1 is 1.57 bits per heavy atom. The van der Waals surface area contributed by atoms with Gasteiger partial charge in [-0.2, -0.15) is 0 Å². The Kier molecular flexibility index (Phi) is 2.15. The SMILES string of the molecule is CC1CCc2c(cccc2C(=O)O)O1. The van der Waals surface area contributed by atoms with Gasteiger partial charge in [0.25, 0.3) is 0 Å². The van der Waals surface area contributed by atoms with Crippen molar-refractivity contribution < 1.29 is 14.6 Å². The molecule has 0 radical (unpaired) electrons. The predicted octanol–water partition coefficient (Wildman–Crippen LogP) is 2.10. The van der Waals surface area contributed by atoms with Crippen LogP contribution in [-0.4, -0.2) is 17.2 Å². The van der Waals surface area contributed by atoms with Crippen LogP contribution in [0.4, 0.5) is 0 Å². The molecule has 14 heavy (non-hydrogen) atoms. The summed E-state index contributed by atoms with van der Waals surface area (Å²) in [5.41, 5.74) is 1.20. The number of fused-ring (bicyclic) bond motifs is 1. The molecule has 0 aromatic heterocycles. The van der Waals surface area contributed by atoms with E-state index in [1.807, 2.05) is 13.0 Å². The molecule has 74 valence electrons. The molecule has 3 heteroatoms. The molecule has 1 aromatic rings. The Bertz CT molecular complexity index is 371. The first-order chi connectivity index (χ1) is 6.68. The fourth-order valence-corrected chi connectivity index (χ4v) is 1.76. The molecule has 1 atom stereocenters. The Hall–Kier alpha value is -1.51. The number of benzene rings is 1. The summed E-state index contributed by atoms with van der Waals surface area (Å²) in [4.78, 5) is 10.9. The molecule has 3 nitrogen and oxygen atoms in total. The van der Waals surface area contributed by atoms with E-state index in [2.05, 4.69) is 0 Å². The molecular weight excluding hydrogens is 180 g/mol. The Morgan fingerprint density at radius 3 is 3.07 bits per heavy atom. The summed E-state index contributed by atoms with van der Waals surface area (Å²) in [7, 11) is 0. The van der Waals surface area contributed by atoms with E-state index in [0.717, 1.165) is 24.2 Å². The van der Waals surface area contributed by atoms with Crippen LogP contribution in [0.25, 0.3) is 0 Å². The van der Waals surface area contributed by atoms with E-state index in [1.165, 1.54) is 0 Å². The minimum Gasteiger partial charge on any atom is -0.490 e. The molecule has 0 aliphatic carbocycles. The molecular formula is C11H12O3. The predicted molar refractivity (Wildman–Crippen MR) is 51.8 cm³/mol. The van der Waals surface area contributed by atoms with Gasteiger partial charge in [-0.05, 0) is 31.9 Å². The van der Waals surface area contributed by atoms with Gasteiger partial charge in [-0.1, -0.05) is 6.07 Å². The van der Waals surface area contributed by atoms with Gasteiger partial charge in [-0.3, -0.25) is 0 Å². The maximum atomic E-state index is 10.9. The van der Waals surface area contributed by atoms with Gasteiger partial charge in [0, 0.05) is 5.56 Å². The van der Waals surface area contributed by atoms with Crippen molar-refractivity contribution in [2.45, 2.75) is 25.9 Å². The lowest BCUT2D eigenvalue weighted by molar-refractivity contribution is 0.0693. The molecule has 0 saturated carbocycles. The van der Waals surface area contributed by atoms with Crippen molar-refractivity contribution in [2.75, 3.05) is 0 Å². The topological polar surface area (TPSA) is 46.5 Å². The van der Waals surface area contributed by atoms with Gasteiger partial charge < -0.3 is 9.84 Å². The van der Waals surface area contributed by atoms with Gasteiger partial charge in [0.2, 0.25) is 0 Å². The number of carboxylic acid groups (broad SMARTS) is 1. The molecule has 1 aliphatic heterocycles. The van der Waals surface area contributed by atoms with Crippen LogP contribution in [0.3, 0.4) is 0 Å². The first-order valence-corrected chi connectivity index (χ1v) is 4.70. The number of carbonyl (C=O) groups is 1. The summed E-state index contributed by atoms with van der Waals surface area (Å²) in [5, 5.41) is 8.95. The smallest absolute Gasteiger partial charge is 0.336 e. The lowest BCUT2D eigenvalue weighted by Crippen LogP contribution is -2.20. The summed E-state index contributed by atoms with van der Waals surface area (Å²) in [6.07, 6.45) is 1.86. The van der Waals surface area contributed by atoms with Crippen LogP contribution in [0.15, 0.2) is 18.2 Å². The third kappa shape index (κ3) is 1.45. The Balaban J connectivity index is 2.46. The lowest BCUT2D eigenvalue weighted by atomic mass is 9.98. The molecule has 2 rings (SSSR count). The Morgan fingerprint density at radius 2 is 2.36 bits per heavy atom. The average Bonchev–Trinajstić information content (AvgIpc) is 2.16. The van der Waals surface area contributed by atoms with Gasteiger partial charge in [0.15, 0.2) is 0 Å². The van der Waals surface area contributed by atoms with Gasteiger partial charge >= 0.3 is 5.97 Å². The maximum absolute atomic E-state index is 10.9. The number of hydrogen-bond acceptors (Lipinski definition) is 2. The van der Waals surface area contributed by atoms with Crippen LogP contribution in [0, 0.1) is 0 Å². The largest absolute Gasteiger partial charge is 0.490 e. The van der Waals surface area contributed by atoms with Crippen LogP contribution < -0.4 is 4.74 Å². The second-order valence-electron chi connectivity index (χ2n) is 3.55. The van der Waals surface area contributed by atoms with E-state index in [9.17, 15) is 4.79 Å². The van der Waals surface area contributed by atoms with Crippen molar-refractivity contribution in [1.82, 2.24) is 0 Å². The van der Waals surface area contributed by atoms with E-state index in [-0.39, 0.29) is 6.10 Å². The molecule has 1 aromatic carbocycles. The van der Waals surface area contributed by atoms with Crippen molar-refractivity contribution in [3.8, 4) is 5.75 Å². The van der Waals surface area contributed by atoms with Crippen LogP contribution in [0.2, 0.25) is 0 Å². The molecule has 1 heterocycles. The second-order valence-corrected chi connectivity index (χ2v) is 3.55. The van der Waals surface area contributed by atoms with Crippen molar-refractivity contribution in [1.29, 1.82) is 0 Å². The normalized spacial score (nSPS) is 19.6. The van der Waals surface area contributed by atoms with Crippen LogP contribution in [0.5, 0.6) is 5.75 Å². The molecule has 0 saturated heterocycles. The fraction of sp³-hybridized carbons (Fsp3) is 0.364. The highest BCUT2D eigenvalue weighted by atomic mass is 16.5. The summed E-state index contributed by atoms with van der Waals surface area (Å²) in [6.45, 7) is 2.00. The van der Waals surface area contributed by atoms with Gasteiger partial charge in [-0.25, -0.2) is 4.79 Å². The average molecular weight is 192 g/mol. The summed E-state index contributed by atoms with van der Waals surface area (Å²) < 4.78 is 5.56. The van der Waals surface area contributed by atoms with Crippen LogP contribution in [-0.2, 0) is 6.42 Å². The van der Waals surface area contributed by atoms with E-state index in [4.69, 9.17) is 9.84 Å². The van der Waals surface area contributed by atoms with Crippen molar-refractivity contribution in [3.63, 3.8) is 0 Å². The fourth-order valence-electron chi connectivity index (χ4n) is 1.76. The maximum Gasteiger partial charge on any atom is 0.336 e. The van der Waals surface area contributed by atoms with Gasteiger partial charge in [0.1, 0.15) is 5.75 Å². The quantitative estimate of drug-likeness (QED) is 0.741. The molecule has 0 bridgehead atoms. The minimum atomic E-state index is -0.875. The molecule has 0 fully saturated rings. The standard InChI is InChI=1S/C11H12O3/c1-7-5-6-8-9(11(12)13)3-2-4-10(8)14-7/h2-4,7H,5-6H2,1H3,(H,12,13). The van der Waals surface area contributed by atoms with E-state index in [0.29, 0.717) is 5.56 Å². The highest BCUT2D eigenvalue weighted by Crippen LogP contribution is 2.30. The third-order valence-corrected chi connectivity index (χ3v) is 2.49. The van der Waals surface area contributed by atoms with E-state index >= 15 is 0 Å². The van der Waals surface area contributed by atoms with Crippen molar-refractivity contribution in [3.05, 3.63) is 29.3 Å². The molecule has 0 amide bonds. The lowest BCUT2D eigenvalue weighted by Gasteiger charge is -2.24. The molecule has 1 unspecified atom stereocenters. The second kappa shape index (κ2) is 3.33. The van der Waals surface area contributed by atoms with Crippen molar-refractivity contribution in [2.24, 2.45) is 0 Å². The zero-order valence-electron chi connectivity index (χ0n) is 7.99. The van der Waals surface area contributed by atoms with Gasteiger partial charge in [0.05, 0.1) is 11.7 Å². The monoisotopic (exact) mass is 192 g/mol. The third-order valence-electron chi connectivity index (χ3n) is 2.49. The van der Waals surface area contributed by atoms with Crippen LogP contribution in [0.1, 0.15) is 29.3 Å². The molecule has 0 spiro atoms. The number of rotatable bonds is 1. The first kappa shape index (κ1) is 9.06. The zero-order chi connectivity index (χ0) is 10.1. The summed E-state index contributed by atoms with van der Waals surface area (Å²) >= 11 is 0. The Labute approximate surface area is 82.3 Å². The zero-order valence-corrected chi connectivity index (χ0v) is 7.99. The number of aromatic carboxylic acids is 1. The number of ether oxygens (including phenoxy) is 1. The van der Waals surface area contributed by atoms with Gasteiger partial charge in [-0.15, -0.1) is 0 Å². The summed E-state index contributed by atoms with van der Waals surface area (Å²) in [5.74, 6) is -0.149. The van der Waals surface area contributed by atoms with Crippen LogP contribution >= 0.6 is 0 Å². The highest BCUT2D eigenvalue weighted by Gasteiger charge is 2.21. The summed E-state index contributed by atoms with van der Waals surface area (Å²) in [6, 6.07) is 5.18. The molecule has 1 N–H and O–H groups in total. The molecule has 1 aliphatic rings. The number of carboxylic acids is 1. The number of hydrogen-bond donors (Lipinski definition) is 1. The van der Waals surface area contributed by atoms with E-state index in [1.54, 1.807) is 12.1 Å². The minimum absolute atomic E-state index is 0.187. The van der Waals surface area contributed by atoms with E-state index < -0.39 is 5.97 Å².